The lowest BCUT2D eigenvalue weighted by atomic mass is 9.75. The van der Waals surface area contributed by atoms with Crippen molar-refractivity contribution in [1.29, 1.82) is 0 Å². The summed E-state index contributed by atoms with van der Waals surface area (Å²) in [4.78, 5) is 4.29. The summed E-state index contributed by atoms with van der Waals surface area (Å²) in [6, 6.07) is 3.22. The molecular weight excluding hydrogens is 321 g/mol. The molecule has 2 N–H and O–H groups in total. The third kappa shape index (κ3) is 2.43. The number of halogens is 2. The molecule has 0 saturated heterocycles. The first-order valence-electron chi connectivity index (χ1n) is 7.09. The van der Waals surface area contributed by atoms with Gasteiger partial charge in [-0.15, -0.1) is 0 Å². The van der Waals surface area contributed by atoms with Crippen molar-refractivity contribution in [1.82, 2.24) is 9.55 Å². The molecule has 2 aromatic rings. The summed E-state index contributed by atoms with van der Waals surface area (Å²) in [5.74, 6) is 0.176. The van der Waals surface area contributed by atoms with Crippen LogP contribution in [-0.4, -0.2) is 9.55 Å². The van der Waals surface area contributed by atoms with Crippen LogP contribution in [0.3, 0.4) is 0 Å². The summed E-state index contributed by atoms with van der Waals surface area (Å²) < 4.78 is 16.1. The van der Waals surface area contributed by atoms with Crippen molar-refractivity contribution in [2.24, 2.45) is 5.41 Å². The average Bonchev–Trinajstić information content (AvgIpc) is 2.67. The first-order valence-corrected chi connectivity index (χ1v) is 7.89. The molecular formula is C15H19BrFN3. The van der Waals surface area contributed by atoms with Gasteiger partial charge in [0.1, 0.15) is 5.82 Å². The van der Waals surface area contributed by atoms with Gasteiger partial charge in [-0.05, 0) is 40.3 Å². The average molecular weight is 340 g/mol. The van der Waals surface area contributed by atoms with Crippen molar-refractivity contribution in [3.63, 3.8) is 0 Å². The minimum Gasteiger partial charge on any atom is -0.369 e. The van der Waals surface area contributed by atoms with E-state index in [9.17, 15) is 4.39 Å². The van der Waals surface area contributed by atoms with E-state index in [2.05, 4.69) is 27.8 Å². The number of fused-ring (bicyclic) bond motifs is 1. The topological polar surface area (TPSA) is 43.8 Å². The highest BCUT2D eigenvalue weighted by atomic mass is 79.9. The van der Waals surface area contributed by atoms with Crippen molar-refractivity contribution in [2.45, 2.75) is 45.6 Å². The lowest BCUT2D eigenvalue weighted by molar-refractivity contribution is 0.186. The third-order valence-electron chi connectivity index (χ3n) is 4.42. The molecule has 20 heavy (non-hydrogen) atoms. The van der Waals surface area contributed by atoms with Gasteiger partial charge < -0.3 is 10.3 Å². The highest BCUT2D eigenvalue weighted by Crippen LogP contribution is 2.39. The van der Waals surface area contributed by atoms with Crippen molar-refractivity contribution >= 4 is 32.9 Å². The third-order valence-corrected chi connectivity index (χ3v) is 5.03. The van der Waals surface area contributed by atoms with E-state index in [0.717, 1.165) is 12.1 Å². The number of anilines is 1. The van der Waals surface area contributed by atoms with E-state index in [1.165, 1.54) is 38.2 Å². The Kier molecular flexibility index (Phi) is 3.48. The molecule has 108 valence electrons. The van der Waals surface area contributed by atoms with Crippen LogP contribution in [-0.2, 0) is 6.54 Å². The molecule has 0 aliphatic heterocycles. The Morgan fingerprint density at radius 3 is 2.75 bits per heavy atom. The monoisotopic (exact) mass is 339 g/mol. The second-order valence-corrected chi connectivity index (χ2v) is 7.04. The number of nitrogens with zero attached hydrogens (tertiary/aromatic N) is 2. The van der Waals surface area contributed by atoms with Crippen molar-refractivity contribution in [2.75, 3.05) is 5.73 Å². The number of rotatable bonds is 2. The van der Waals surface area contributed by atoms with Gasteiger partial charge in [0.25, 0.3) is 0 Å². The molecule has 0 bridgehead atoms. The maximum absolute atomic E-state index is 13.6. The van der Waals surface area contributed by atoms with Crippen LogP contribution in [0, 0.1) is 11.2 Å². The SMILES string of the molecule is CC1(Cn2c(N)nc3cc(F)c(Br)cc32)CCCCC1. The van der Waals surface area contributed by atoms with Gasteiger partial charge in [-0.2, -0.15) is 0 Å². The van der Waals surface area contributed by atoms with Crippen LogP contribution in [0.25, 0.3) is 11.0 Å². The van der Waals surface area contributed by atoms with Crippen LogP contribution >= 0.6 is 15.9 Å². The zero-order valence-electron chi connectivity index (χ0n) is 11.6. The Labute approximate surface area is 126 Å². The van der Waals surface area contributed by atoms with Crippen LogP contribution in [0.5, 0.6) is 0 Å². The maximum atomic E-state index is 13.6. The van der Waals surface area contributed by atoms with Gasteiger partial charge in [0.2, 0.25) is 5.95 Å². The number of imidazole rings is 1. The molecule has 1 fully saturated rings. The van der Waals surface area contributed by atoms with E-state index in [4.69, 9.17) is 5.73 Å². The fraction of sp³-hybridized carbons (Fsp3) is 0.533. The van der Waals surface area contributed by atoms with Crippen molar-refractivity contribution < 1.29 is 4.39 Å². The molecule has 3 rings (SSSR count). The highest BCUT2D eigenvalue weighted by Gasteiger charge is 2.28. The molecule has 0 spiro atoms. The summed E-state index contributed by atoms with van der Waals surface area (Å²) in [6.07, 6.45) is 6.32. The molecule has 1 heterocycles. The predicted molar refractivity (Wildman–Crippen MR) is 83.0 cm³/mol. The highest BCUT2D eigenvalue weighted by molar-refractivity contribution is 9.10. The number of benzene rings is 1. The Balaban J connectivity index is 2.02. The summed E-state index contributed by atoms with van der Waals surface area (Å²) in [5.41, 5.74) is 7.84. The smallest absolute Gasteiger partial charge is 0.201 e. The minimum absolute atomic E-state index is 0.265. The van der Waals surface area contributed by atoms with E-state index in [-0.39, 0.29) is 11.2 Å². The van der Waals surface area contributed by atoms with E-state index < -0.39 is 0 Å². The predicted octanol–water partition coefficient (Wildman–Crippen LogP) is 4.49. The van der Waals surface area contributed by atoms with Gasteiger partial charge in [-0.1, -0.05) is 26.2 Å². The Bertz CT molecular complexity index is 644. The van der Waals surface area contributed by atoms with Crippen LogP contribution in [0.4, 0.5) is 10.3 Å². The number of aromatic nitrogens is 2. The lowest BCUT2D eigenvalue weighted by Crippen LogP contribution is -2.26. The van der Waals surface area contributed by atoms with Crippen LogP contribution in [0.2, 0.25) is 0 Å². The Morgan fingerprint density at radius 1 is 1.35 bits per heavy atom. The van der Waals surface area contributed by atoms with Gasteiger partial charge in [0.15, 0.2) is 0 Å². The molecule has 0 amide bonds. The van der Waals surface area contributed by atoms with Gasteiger partial charge in [0, 0.05) is 12.6 Å². The molecule has 1 aliphatic carbocycles. The molecule has 5 heteroatoms. The Morgan fingerprint density at radius 2 is 2.05 bits per heavy atom. The lowest BCUT2D eigenvalue weighted by Gasteiger charge is -2.34. The summed E-state index contributed by atoms with van der Waals surface area (Å²) in [6.45, 7) is 3.17. The van der Waals surface area contributed by atoms with Gasteiger partial charge in [0.05, 0.1) is 15.5 Å². The van der Waals surface area contributed by atoms with Crippen LogP contribution in [0.15, 0.2) is 16.6 Å². The minimum atomic E-state index is -0.300. The number of hydrogen-bond donors (Lipinski definition) is 1. The fourth-order valence-corrected chi connectivity index (χ4v) is 3.58. The van der Waals surface area contributed by atoms with E-state index >= 15 is 0 Å². The molecule has 1 aromatic carbocycles. The second kappa shape index (κ2) is 5.02. The van der Waals surface area contributed by atoms with Gasteiger partial charge in [-0.3, -0.25) is 0 Å². The second-order valence-electron chi connectivity index (χ2n) is 6.18. The molecule has 0 radical (unpaired) electrons. The summed E-state index contributed by atoms with van der Waals surface area (Å²) in [5, 5.41) is 0. The molecule has 0 unspecified atom stereocenters. The van der Waals surface area contributed by atoms with Crippen LogP contribution in [0.1, 0.15) is 39.0 Å². The normalized spacial score (nSPS) is 18.6. The maximum Gasteiger partial charge on any atom is 0.201 e. The first kappa shape index (κ1) is 13.9. The van der Waals surface area contributed by atoms with Crippen LogP contribution < -0.4 is 5.73 Å². The zero-order chi connectivity index (χ0) is 14.3. The zero-order valence-corrected chi connectivity index (χ0v) is 13.2. The first-order chi connectivity index (χ1) is 9.48. The van der Waals surface area contributed by atoms with Gasteiger partial charge in [-0.25, -0.2) is 9.37 Å². The fourth-order valence-electron chi connectivity index (χ4n) is 3.25. The number of nitrogens with two attached hydrogens (primary N) is 1. The molecule has 1 saturated carbocycles. The summed E-state index contributed by atoms with van der Waals surface area (Å²) >= 11 is 3.24. The number of nitrogen functional groups attached to an aromatic ring is 1. The van der Waals surface area contributed by atoms with E-state index in [0.29, 0.717) is 15.9 Å². The summed E-state index contributed by atoms with van der Waals surface area (Å²) in [7, 11) is 0. The number of hydrogen-bond acceptors (Lipinski definition) is 2. The van der Waals surface area contributed by atoms with E-state index in [1.54, 1.807) is 6.07 Å². The van der Waals surface area contributed by atoms with Gasteiger partial charge >= 0.3 is 0 Å². The standard InChI is InChI=1S/C15H19BrFN3/c1-15(5-3-2-4-6-15)9-20-13-7-10(16)11(17)8-12(13)19-14(20)18/h7-8H,2-6,9H2,1H3,(H2,18,19). The molecule has 1 aromatic heterocycles. The van der Waals surface area contributed by atoms with Crippen molar-refractivity contribution in [3.05, 3.63) is 22.4 Å². The quantitative estimate of drug-likeness (QED) is 0.875. The largest absolute Gasteiger partial charge is 0.369 e. The Hall–Kier alpha value is -1.10. The molecule has 3 nitrogen and oxygen atoms in total. The van der Waals surface area contributed by atoms with E-state index in [1.807, 2.05) is 4.57 Å². The van der Waals surface area contributed by atoms with Crippen molar-refractivity contribution in [3.8, 4) is 0 Å². The molecule has 0 atom stereocenters. The molecule has 1 aliphatic rings.